The van der Waals surface area contributed by atoms with Crippen LogP contribution in [0.4, 0.5) is 0 Å². The second kappa shape index (κ2) is 48.5. The molecule has 0 aromatic rings. The first kappa shape index (κ1) is 83.6. The molecule has 0 saturated carbocycles. The lowest BCUT2D eigenvalue weighted by molar-refractivity contribution is -0.148. The number of hydrogen-bond donors (Lipinski definition) is 18. The fourth-order valence-corrected chi connectivity index (χ4v) is 6.75. The summed E-state index contributed by atoms with van der Waals surface area (Å²) in [6.07, 6.45) is -0.804. The largest absolute Gasteiger partial charge is 0.481 e. The zero-order valence-electron chi connectivity index (χ0n) is 46.0. The van der Waals surface area contributed by atoms with Gasteiger partial charge in [-0.1, -0.05) is 0 Å². The maximum absolute atomic E-state index is 11.0. The summed E-state index contributed by atoms with van der Waals surface area (Å²) in [5.41, 5.74) is 0. The third-order valence-electron chi connectivity index (χ3n) is 10.2. The summed E-state index contributed by atoms with van der Waals surface area (Å²) in [4.78, 5) is 179. The van der Waals surface area contributed by atoms with Crippen LogP contribution in [-0.4, -0.2) is 373 Å². The van der Waals surface area contributed by atoms with E-state index in [4.69, 9.17) is 86.8 Å². The van der Waals surface area contributed by atoms with Crippen molar-refractivity contribution < 1.29 is 164 Å². The summed E-state index contributed by atoms with van der Waals surface area (Å²) in [5, 5.41) is 150. The van der Waals surface area contributed by atoms with Gasteiger partial charge < -0.3 is 92.1 Å². The molecule has 0 spiro atoms. The minimum atomic E-state index is -1.31. The Balaban J connectivity index is -0.000000527. The molecule has 0 radical (unpaired) electrons. The van der Waals surface area contributed by atoms with Crippen molar-refractivity contribution in [3.8, 4) is 0 Å². The van der Waals surface area contributed by atoms with Crippen molar-refractivity contribution in [3.05, 3.63) is 0 Å². The molecule has 86 heavy (non-hydrogen) atoms. The number of hydrogen-bond acceptors (Lipinski definition) is 25. The number of aliphatic hydroxyl groups excluding tert-OH is 1. The Hall–Kier alpha value is -8.84. The Bertz CT molecular complexity index is 2050. The zero-order valence-corrected chi connectivity index (χ0v) is 46.0. The Kier molecular flexibility index (Phi) is 47.2. The molecule has 0 bridgehead atoms. The van der Waals surface area contributed by atoms with E-state index in [1.807, 2.05) is 0 Å². The number of aliphatic hydroxyl groups is 1. The maximum atomic E-state index is 11.0. The molecule has 41 heteroatoms. The molecule has 2 unspecified atom stereocenters. The Morgan fingerprint density at radius 1 is 0.267 bits per heavy atom. The topological polar surface area (TPSA) is 652 Å². The van der Waals surface area contributed by atoms with Gasteiger partial charge in [0, 0.05) is 58.9 Å². The molecule has 0 aliphatic carbocycles. The SMILES string of the molecule is O=C(O)CC(CCCNC(CC(=O)O)C(=O)O)C(=O)O.O=C(O)CN(CCN(CC(=O)O)CC(=O)O)CC(=O)O.O=C(O)CN(CCN(CC(=O)O)CC(=O)O)CCN(CC(=O)O)CC(=O)O.O=C(O)CN(CCO)CCN(CC(=O)O)CC(=O)O. The van der Waals surface area contributed by atoms with E-state index in [9.17, 15) is 76.7 Å². The van der Waals surface area contributed by atoms with Crippen LogP contribution in [0.3, 0.4) is 0 Å². The van der Waals surface area contributed by atoms with Crippen LogP contribution in [0.5, 0.6) is 0 Å². The minimum absolute atomic E-state index is 0.000836. The molecule has 0 saturated heterocycles. The molecule has 0 rings (SSSR count). The third kappa shape index (κ3) is 57.0. The highest BCUT2D eigenvalue weighted by atomic mass is 16.4. The van der Waals surface area contributed by atoms with Crippen LogP contribution in [0.2, 0.25) is 0 Å². The Morgan fingerprint density at radius 3 is 0.663 bits per heavy atom. The molecule has 18 N–H and O–H groups in total. The molecule has 0 heterocycles. The minimum Gasteiger partial charge on any atom is -0.481 e. The lowest BCUT2D eigenvalue weighted by Crippen LogP contribution is -2.45. The van der Waals surface area contributed by atoms with E-state index < -0.39 is 192 Å². The van der Waals surface area contributed by atoms with Gasteiger partial charge in [-0.3, -0.25) is 111 Å². The summed E-state index contributed by atoms with van der Waals surface area (Å²) < 4.78 is 0. The van der Waals surface area contributed by atoms with E-state index in [2.05, 4.69) is 5.32 Å². The predicted octanol–water partition coefficient (Wildman–Crippen LogP) is -7.46. The van der Waals surface area contributed by atoms with Gasteiger partial charge in [-0.25, -0.2) is 0 Å². The molecule has 0 amide bonds. The van der Waals surface area contributed by atoms with Gasteiger partial charge in [0.25, 0.3) is 0 Å². The van der Waals surface area contributed by atoms with Gasteiger partial charge >= 0.3 is 95.5 Å². The van der Waals surface area contributed by atoms with Crippen LogP contribution in [0.25, 0.3) is 0 Å². The van der Waals surface area contributed by atoms with Crippen LogP contribution in [0, 0.1) is 5.92 Å². The number of rotatable bonds is 49. The predicted molar refractivity (Wildman–Crippen MR) is 278 cm³/mol. The number of carboxylic acids is 16. The number of aliphatic carboxylic acids is 16. The van der Waals surface area contributed by atoms with Crippen molar-refractivity contribution in [1.29, 1.82) is 0 Å². The molecule has 0 aliphatic rings. The van der Waals surface area contributed by atoms with Crippen molar-refractivity contribution in [1.82, 2.24) is 39.6 Å². The van der Waals surface area contributed by atoms with E-state index in [0.29, 0.717) is 0 Å². The second-order valence-corrected chi connectivity index (χ2v) is 17.8. The third-order valence-corrected chi connectivity index (χ3v) is 10.2. The van der Waals surface area contributed by atoms with Crippen LogP contribution >= 0.6 is 0 Å². The molecule has 492 valence electrons. The first-order valence-corrected chi connectivity index (χ1v) is 24.7. The fraction of sp³-hybridized carbons (Fsp3) is 0.644. The van der Waals surface area contributed by atoms with Crippen molar-refractivity contribution in [2.45, 2.75) is 31.7 Å². The normalized spacial score (nSPS) is 11.5. The van der Waals surface area contributed by atoms with Gasteiger partial charge in [-0.15, -0.1) is 0 Å². The zero-order chi connectivity index (χ0) is 67.2. The van der Waals surface area contributed by atoms with Crippen molar-refractivity contribution in [2.75, 3.05) is 151 Å². The molecule has 0 fully saturated rings. The Morgan fingerprint density at radius 2 is 0.477 bits per heavy atom. The quantitative estimate of drug-likeness (QED) is 0.0252. The molecular weight excluding hydrogens is 1180 g/mol. The maximum Gasteiger partial charge on any atom is 0.321 e. The number of nitrogens with zero attached hydrogens (tertiary/aromatic N) is 7. The van der Waals surface area contributed by atoms with Crippen LogP contribution in [0.15, 0.2) is 0 Å². The smallest absolute Gasteiger partial charge is 0.321 e. The van der Waals surface area contributed by atoms with Crippen LogP contribution < -0.4 is 5.32 Å². The molecule has 0 aromatic heterocycles. The van der Waals surface area contributed by atoms with E-state index >= 15 is 0 Å². The summed E-state index contributed by atoms with van der Waals surface area (Å²) in [5.74, 6) is -20.5. The molecular formula is C45H74N8O33. The average molecular weight is 1260 g/mol. The van der Waals surface area contributed by atoms with Gasteiger partial charge in [0.1, 0.15) is 6.04 Å². The summed E-state index contributed by atoms with van der Waals surface area (Å²) in [6.45, 7) is -5.92. The summed E-state index contributed by atoms with van der Waals surface area (Å²) in [6, 6.07) is -1.25. The van der Waals surface area contributed by atoms with E-state index in [1.165, 1.54) is 14.7 Å². The highest BCUT2D eigenvalue weighted by Crippen LogP contribution is 2.11. The first-order chi connectivity index (χ1) is 39.8. The van der Waals surface area contributed by atoms with Gasteiger partial charge in [-0.05, 0) is 19.4 Å². The highest BCUT2D eigenvalue weighted by molar-refractivity contribution is 5.81. The monoisotopic (exact) mass is 1250 g/mol. The number of carbonyl (C=O) groups is 16. The molecule has 41 nitrogen and oxygen atoms in total. The standard InChI is InChI=1S/C14H23N3O10.C11H17NO8.C10H16N2O8.C10H18N2O7/c18-10(19)5-15(1-3-16(6-11(20)21)7-12(22)23)2-4-17(8-13(24)25)9-14(26)27;13-8(14)4-6(10(17)18)2-1-3-12-7(11(19)20)5-9(15)16;13-7(14)3-11(4-8(15)16)1-2-12(5-9(17)18)6-10(19)20;13-4-3-11(5-8(14)15)1-2-12(6-9(16)17)7-10(18)19/h1-9H2,(H,18,19)(H,20,21)(H,22,23)(H,24,25)(H,26,27);6-7,12H,1-5H2,(H,13,14)(H,15,16)(H,17,18)(H,19,20);1-6H2,(H,13,14)(H,15,16)(H,17,18)(H,19,20);13H,1-7H2,(H,14,15)(H,16,17)(H,18,19). The van der Waals surface area contributed by atoms with Crippen molar-refractivity contribution in [3.63, 3.8) is 0 Å². The lowest BCUT2D eigenvalue weighted by atomic mass is 9.99. The molecule has 0 aromatic carbocycles. The van der Waals surface area contributed by atoms with Gasteiger partial charge in [0.2, 0.25) is 0 Å². The van der Waals surface area contributed by atoms with Crippen LogP contribution in [-0.2, 0) is 76.7 Å². The van der Waals surface area contributed by atoms with E-state index in [1.54, 1.807) is 0 Å². The van der Waals surface area contributed by atoms with Gasteiger partial charge in [0.15, 0.2) is 0 Å². The first-order valence-electron chi connectivity index (χ1n) is 24.7. The van der Waals surface area contributed by atoms with E-state index in [-0.39, 0.29) is 91.4 Å². The van der Waals surface area contributed by atoms with Gasteiger partial charge in [0.05, 0.1) is 104 Å². The van der Waals surface area contributed by atoms with Crippen molar-refractivity contribution >= 4 is 95.5 Å². The Labute approximate surface area is 486 Å². The highest BCUT2D eigenvalue weighted by Gasteiger charge is 2.24. The lowest BCUT2D eigenvalue weighted by Gasteiger charge is -2.27. The molecule has 0 aliphatic heterocycles. The van der Waals surface area contributed by atoms with Gasteiger partial charge in [-0.2, -0.15) is 0 Å². The average Bonchev–Trinajstić information content (AvgIpc) is 3.56. The van der Waals surface area contributed by atoms with Crippen LogP contribution in [0.1, 0.15) is 25.7 Å². The van der Waals surface area contributed by atoms with E-state index in [0.717, 1.165) is 19.6 Å². The number of nitrogens with one attached hydrogen (secondary N) is 1. The molecule has 2 atom stereocenters. The number of carboxylic acid groups (broad SMARTS) is 16. The fourth-order valence-electron chi connectivity index (χ4n) is 6.75. The second-order valence-electron chi connectivity index (χ2n) is 17.8. The van der Waals surface area contributed by atoms with Crippen molar-refractivity contribution in [2.24, 2.45) is 5.92 Å². The summed E-state index contributed by atoms with van der Waals surface area (Å²) >= 11 is 0. The summed E-state index contributed by atoms with van der Waals surface area (Å²) in [7, 11) is 0.